The minimum Gasteiger partial charge on any atom is -0.361 e. The van der Waals surface area contributed by atoms with E-state index in [1.807, 2.05) is 4.90 Å². The van der Waals surface area contributed by atoms with Gasteiger partial charge in [0.05, 0.1) is 6.54 Å². The minimum atomic E-state index is 0.916. The zero-order chi connectivity index (χ0) is 15.9. The maximum atomic E-state index is 3.43. The van der Waals surface area contributed by atoms with Crippen LogP contribution in [0, 0.1) is 17.8 Å². The third kappa shape index (κ3) is 2.70. The first-order valence-corrected chi connectivity index (χ1v) is 9.75. The van der Waals surface area contributed by atoms with Gasteiger partial charge in [-0.3, -0.25) is 0 Å². The van der Waals surface area contributed by atoms with Crippen LogP contribution in [-0.2, 0) is 6.54 Å². The second-order valence-electron chi connectivity index (χ2n) is 8.28. The molecule has 0 unspecified atom stereocenters. The van der Waals surface area contributed by atoms with Crippen molar-refractivity contribution in [2.75, 3.05) is 32.7 Å². The summed E-state index contributed by atoms with van der Waals surface area (Å²) in [4.78, 5) is 7.05. The molecule has 0 spiro atoms. The van der Waals surface area contributed by atoms with Gasteiger partial charge in [0.25, 0.3) is 0 Å². The van der Waals surface area contributed by atoms with Crippen LogP contribution in [-0.4, -0.2) is 37.7 Å². The second-order valence-corrected chi connectivity index (χ2v) is 8.28. The van der Waals surface area contributed by atoms with Crippen LogP contribution in [0.1, 0.15) is 18.4 Å². The fourth-order valence-corrected chi connectivity index (χ4v) is 5.39. The smallest absolute Gasteiger partial charge is 0.127 e. The number of nitrogens with one attached hydrogen (secondary N) is 3. The third-order valence-corrected chi connectivity index (χ3v) is 6.75. The molecule has 2 aromatic rings. The SMILES string of the molecule is C1=C[C@H]2C[C@H]1C[C@@H]2C[NH+]1CC[NH+](Cc2c[nH]c3ccccc23)CC1. The molecule has 0 amide bonds. The first-order valence-electron chi connectivity index (χ1n) is 9.75. The summed E-state index contributed by atoms with van der Waals surface area (Å²) in [7, 11) is 0. The lowest BCUT2D eigenvalue weighted by molar-refractivity contribution is -1.02. The summed E-state index contributed by atoms with van der Waals surface area (Å²) < 4.78 is 0. The van der Waals surface area contributed by atoms with E-state index in [0.717, 1.165) is 17.8 Å². The molecule has 1 aromatic heterocycles. The second kappa shape index (κ2) is 6.05. The molecule has 2 fully saturated rings. The van der Waals surface area contributed by atoms with Crippen molar-refractivity contribution in [3.05, 3.63) is 48.2 Å². The zero-order valence-electron chi connectivity index (χ0n) is 14.4. The highest BCUT2D eigenvalue weighted by Crippen LogP contribution is 2.42. The molecule has 3 aliphatic rings. The summed E-state index contributed by atoms with van der Waals surface area (Å²) in [6.07, 6.45) is 10.1. The number of rotatable bonds is 4. The first-order chi connectivity index (χ1) is 11.8. The summed E-state index contributed by atoms with van der Waals surface area (Å²) in [5, 5.41) is 1.41. The third-order valence-electron chi connectivity index (χ3n) is 6.75. The molecule has 3 heteroatoms. The zero-order valence-corrected chi connectivity index (χ0v) is 14.4. The van der Waals surface area contributed by atoms with Crippen molar-refractivity contribution in [2.24, 2.45) is 17.8 Å². The van der Waals surface area contributed by atoms with Crippen LogP contribution < -0.4 is 9.80 Å². The Morgan fingerprint density at radius 2 is 1.79 bits per heavy atom. The lowest BCUT2D eigenvalue weighted by Gasteiger charge is -2.32. The number of quaternary nitrogens is 2. The summed E-state index contributed by atoms with van der Waals surface area (Å²) in [5.41, 5.74) is 2.77. The minimum absolute atomic E-state index is 0.916. The highest BCUT2D eigenvalue weighted by atomic mass is 15.3. The lowest BCUT2D eigenvalue weighted by Crippen LogP contribution is -3.27. The van der Waals surface area contributed by atoms with Crippen LogP contribution in [0.2, 0.25) is 0 Å². The van der Waals surface area contributed by atoms with Crippen molar-refractivity contribution in [3.8, 4) is 0 Å². The van der Waals surface area contributed by atoms with Gasteiger partial charge in [-0.2, -0.15) is 0 Å². The van der Waals surface area contributed by atoms with Crippen molar-refractivity contribution < 1.29 is 9.80 Å². The van der Waals surface area contributed by atoms with E-state index in [9.17, 15) is 0 Å². The Bertz CT molecular complexity index is 738. The first kappa shape index (κ1) is 14.7. The molecule has 2 bridgehead atoms. The van der Waals surface area contributed by atoms with E-state index < -0.39 is 0 Å². The number of piperazine rings is 1. The normalized spacial score (nSPS) is 35.1. The Morgan fingerprint density at radius 3 is 2.58 bits per heavy atom. The van der Waals surface area contributed by atoms with Crippen LogP contribution in [0.15, 0.2) is 42.6 Å². The van der Waals surface area contributed by atoms with Crippen LogP contribution in [0.4, 0.5) is 0 Å². The van der Waals surface area contributed by atoms with Gasteiger partial charge >= 0.3 is 0 Å². The van der Waals surface area contributed by atoms with Crippen molar-refractivity contribution in [3.63, 3.8) is 0 Å². The predicted octanol–water partition coefficient (Wildman–Crippen LogP) is 0.664. The molecule has 3 N–H and O–H groups in total. The van der Waals surface area contributed by atoms with E-state index in [-0.39, 0.29) is 0 Å². The number of hydrogen-bond donors (Lipinski definition) is 3. The Morgan fingerprint density at radius 1 is 0.958 bits per heavy atom. The number of benzene rings is 1. The van der Waals surface area contributed by atoms with Crippen molar-refractivity contribution in [1.82, 2.24) is 4.98 Å². The predicted molar refractivity (Wildman–Crippen MR) is 97.1 cm³/mol. The van der Waals surface area contributed by atoms with Gasteiger partial charge in [0, 0.05) is 28.6 Å². The summed E-state index contributed by atoms with van der Waals surface area (Å²) in [6, 6.07) is 8.70. The molecule has 1 saturated heterocycles. The van der Waals surface area contributed by atoms with Gasteiger partial charge in [-0.15, -0.1) is 0 Å². The Balaban J connectivity index is 1.16. The number of allylic oxidation sites excluding steroid dienone is 2. The van der Waals surface area contributed by atoms with E-state index in [1.165, 1.54) is 68.6 Å². The van der Waals surface area contributed by atoms with Crippen molar-refractivity contribution >= 4 is 10.9 Å². The molecular formula is C21H29N3+2. The van der Waals surface area contributed by atoms with Gasteiger partial charge in [0.15, 0.2) is 0 Å². The fraction of sp³-hybridized carbons (Fsp3) is 0.524. The molecule has 1 aliphatic heterocycles. The topological polar surface area (TPSA) is 24.7 Å². The van der Waals surface area contributed by atoms with Crippen LogP contribution in [0.5, 0.6) is 0 Å². The highest BCUT2D eigenvalue weighted by molar-refractivity contribution is 5.82. The number of aromatic amines is 1. The largest absolute Gasteiger partial charge is 0.361 e. The Kier molecular flexibility index (Phi) is 3.72. The monoisotopic (exact) mass is 323 g/mol. The summed E-state index contributed by atoms with van der Waals surface area (Å²) in [5.74, 6) is 2.82. The molecule has 2 aliphatic carbocycles. The van der Waals surface area contributed by atoms with Crippen LogP contribution in [0.3, 0.4) is 0 Å². The summed E-state index contributed by atoms with van der Waals surface area (Å²) >= 11 is 0. The Hall–Kier alpha value is -1.58. The molecule has 0 radical (unpaired) electrons. The molecule has 1 saturated carbocycles. The number of aromatic nitrogens is 1. The molecular weight excluding hydrogens is 294 g/mol. The van der Waals surface area contributed by atoms with Gasteiger partial charge in [0.2, 0.25) is 0 Å². The maximum absolute atomic E-state index is 3.43. The average molecular weight is 323 g/mol. The fourth-order valence-electron chi connectivity index (χ4n) is 5.39. The number of hydrogen-bond acceptors (Lipinski definition) is 0. The number of H-pyrrole nitrogens is 1. The summed E-state index contributed by atoms with van der Waals surface area (Å²) in [6.45, 7) is 7.96. The standard InChI is InChI=1S/C21H27N3/c1-2-4-21-20(3-1)19(13-22-21)15-24-9-7-23(8-10-24)14-18-12-16-5-6-17(18)11-16/h1-6,13,16-18,22H,7-12,14-15H2/p+2/t16-,17-,18+/m0/s1. The van der Waals surface area contributed by atoms with Crippen molar-refractivity contribution in [2.45, 2.75) is 19.4 Å². The highest BCUT2D eigenvalue weighted by Gasteiger charge is 2.38. The molecule has 3 nitrogen and oxygen atoms in total. The van der Waals surface area contributed by atoms with Gasteiger partial charge in [-0.1, -0.05) is 30.4 Å². The van der Waals surface area contributed by atoms with E-state index in [0.29, 0.717) is 0 Å². The lowest BCUT2D eigenvalue weighted by atomic mass is 9.93. The van der Waals surface area contributed by atoms with Crippen LogP contribution >= 0.6 is 0 Å². The molecule has 24 heavy (non-hydrogen) atoms. The van der Waals surface area contributed by atoms with E-state index in [2.05, 4.69) is 47.6 Å². The molecule has 1 aromatic carbocycles. The van der Waals surface area contributed by atoms with Gasteiger partial charge in [-0.05, 0) is 30.7 Å². The number of fused-ring (bicyclic) bond motifs is 3. The molecule has 2 heterocycles. The quantitative estimate of drug-likeness (QED) is 0.689. The van der Waals surface area contributed by atoms with E-state index in [4.69, 9.17) is 0 Å². The van der Waals surface area contributed by atoms with Gasteiger partial charge < -0.3 is 14.8 Å². The van der Waals surface area contributed by atoms with E-state index in [1.54, 1.807) is 4.90 Å². The maximum Gasteiger partial charge on any atom is 0.127 e. The average Bonchev–Trinajstić information content (AvgIpc) is 3.33. The van der Waals surface area contributed by atoms with Crippen LogP contribution in [0.25, 0.3) is 10.9 Å². The molecule has 5 rings (SSSR count). The van der Waals surface area contributed by atoms with E-state index >= 15 is 0 Å². The van der Waals surface area contributed by atoms with Gasteiger partial charge in [-0.25, -0.2) is 0 Å². The molecule has 126 valence electrons. The molecule has 3 atom stereocenters. The van der Waals surface area contributed by atoms with Gasteiger partial charge in [0.1, 0.15) is 32.7 Å². The number of para-hydroxylation sites is 1. The van der Waals surface area contributed by atoms with Crippen molar-refractivity contribution in [1.29, 1.82) is 0 Å². The Labute approximate surface area is 144 Å².